The fourth-order valence-electron chi connectivity index (χ4n) is 3.92. The van der Waals surface area contributed by atoms with Gasteiger partial charge in [0.05, 0.1) is 13.1 Å². The summed E-state index contributed by atoms with van der Waals surface area (Å²) < 4.78 is 0. The molecule has 1 aromatic rings. The van der Waals surface area contributed by atoms with E-state index in [1.54, 1.807) is 0 Å². The third-order valence-electron chi connectivity index (χ3n) is 5.42. The molecule has 1 fully saturated rings. The van der Waals surface area contributed by atoms with Crippen molar-refractivity contribution in [2.24, 2.45) is 4.99 Å². The predicted molar refractivity (Wildman–Crippen MR) is 141 cm³/mol. The number of benzene rings is 1. The van der Waals surface area contributed by atoms with Crippen LogP contribution in [0.4, 0.5) is 0 Å². The smallest absolute Gasteiger partial charge is 0.239 e. The molecule has 1 saturated carbocycles. The van der Waals surface area contributed by atoms with Crippen molar-refractivity contribution in [3.8, 4) is 0 Å². The Morgan fingerprint density at radius 1 is 1.10 bits per heavy atom. The summed E-state index contributed by atoms with van der Waals surface area (Å²) >= 11 is 0. The van der Waals surface area contributed by atoms with E-state index in [9.17, 15) is 4.79 Å². The first-order chi connectivity index (χ1) is 14.3. The summed E-state index contributed by atoms with van der Waals surface area (Å²) in [5.74, 6) is 0.625. The topological polar surface area (TPSA) is 68.8 Å². The highest BCUT2D eigenvalue weighted by molar-refractivity contribution is 14.0. The van der Waals surface area contributed by atoms with Gasteiger partial charge in [-0.1, -0.05) is 43.5 Å². The van der Waals surface area contributed by atoms with Gasteiger partial charge in [-0.25, -0.2) is 4.99 Å². The molecule has 0 heterocycles. The number of aliphatic imine (C=N–C) groups is 1. The molecule has 0 unspecified atom stereocenters. The first-order valence-corrected chi connectivity index (χ1v) is 11.4. The van der Waals surface area contributed by atoms with Crippen molar-refractivity contribution in [1.29, 1.82) is 0 Å². The van der Waals surface area contributed by atoms with Crippen LogP contribution in [0.5, 0.6) is 0 Å². The lowest BCUT2D eigenvalue weighted by Gasteiger charge is -2.31. The van der Waals surface area contributed by atoms with E-state index in [2.05, 4.69) is 52.2 Å². The number of carbonyl (C=O) groups is 1. The highest BCUT2D eigenvalue weighted by Gasteiger charge is 2.19. The van der Waals surface area contributed by atoms with E-state index >= 15 is 0 Å². The average molecular weight is 544 g/mol. The Morgan fingerprint density at radius 2 is 1.74 bits per heavy atom. The van der Waals surface area contributed by atoms with Crippen LogP contribution in [0.1, 0.15) is 70.9 Å². The van der Waals surface area contributed by atoms with E-state index in [1.165, 1.54) is 43.2 Å². The summed E-state index contributed by atoms with van der Waals surface area (Å²) in [7, 11) is 2.25. The number of guanidine groups is 1. The van der Waals surface area contributed by atoms with Crippen molar-refractivity contribution < 1.29 is 4.79 Å². The second-order valence-corrected chi connectivity index (χ2v) is 9.32. The average Bonchev–Trinajstić information content (AvgIpc) is 2.70. The van der Waals surface area contributed by atoms with Gasteiger partial charge in [-0.2, -0.15) is 0 Å². The van der Waals surface area contributed by atoms with Crippen LogP contribution in [-0.4, -0.2) is 48.5 Å². The zero-order valence-corrected chi connectivity index (χ0v) is 22.3. The van der Waals surface area contributed by atoms with Crippen LogP contribution in [0.15, 0.2) is 29.3 Å². The van der Waals surface area contributed by atoms with Crippen LogP contribution in [0.2, 0.25) is 0 Å². The zero-order chi connectivity index (χ0) is 22.0. The Labute approximate surface area is 206 Å². The Hall–Kier alpha value is -1.35. The molecule has 3 N–H and O–H groups in total. The van der Waals surface area contributed by atoms with Gasteiger partial charge in [0.1, 0.15) is 0 Å². The maximum Gasteiger partial charge on any atom is 0.239 e. The second kappa shape index (κ2) is 13.9. The van der Waals surface area contributed by atoms with Gasteiger partial charge in [-0.05, 0) is 58.7 Å². The number of nitrogens with one attached hydrogen (secondary N) is 3. The van der Waals surface area contributed by atoms with Crippen molar-refractivity contribution in [1.82, 2.24) is 20.9 Å². The summed E-state index contributed by atoms with van der Waals surface area (Å²) in [5.41, 5.74) is 2.32. The fraction of sp³-hybridized carbons (Fsp3) is 0.667. The van der Waals surface area contributed by atoms with Gasteiger partial charge < -0.3 is 16.0 Å². The molecule has 31 heavy (non-hydrogen) atoms. The van der Waals surface area contributed by atoms with Crippen molar-refractivity contribution in [3.63, 3.8) is 0 Å². The summed E-state index contributed by atoms with van der Waals surface area (Å²) in [6.45, 7) is 10.5. The maximum atomic E-state index is 12.1. The number of rotatable bonds is 8. The first-order valence-electron chi connectivity index (χ1n) is 11.4. The maximum absolute atomic E-state index is 12.1. The normalized spacial score (nSPS) is 15.4. The van der Waals surface area contributed by atoms with E-state index in [0.717, 1.165) is 13.1 Å². The molecule has 0 atom stereocenters. The van der Waals surface area contributed by atoms with Crippen molar-refractivity contribution in [2.45, 2.75) is 84.5 Å². The number of hydrogen-bond donors (Lipinski definition) is 3. The number of nitrogens with zero attached hydrogens (tertiary/aromatic N) is 2. The van der Waals surface area contributed by atoms with E-state index < -0.39 is 0 Å². The Kier molecular flexibility index (Phi) is 12.4. The molecular weight excluding hydrogens is 501 g/mol. The van der Waals surface area contributed by atoms with Crippen molar-refractivity contribution in [3.05, 3.63) is 35.4 Å². The molecule has 1 amide bonds. The summed E-state index contributed by atoms with van der Waals surface area (Å²) in [5, 5.41) is 9.34. The summed E-state index contributed by atoms with van der Waals surface area (Å²) in [6, 6.07) is 9.24. The lowest BCUT2D eigenvalue weighted by molar-refractivity contribution is -0.121. The van der Waals surface area contributed by atoms with Crippen LogP contribution in [0.3, 0.4) is 0 Å². The Bertz CT molecular complexity index is 695. The van der Waals surface area contributed by atoms with Gasteiger partial charge >= 0.3 is 0 Å². The van der Waals surface area contributed by atoms with Crippen LogP contribution < -0.4 is 16.0 Å². The van der Waals surface area contributed by atoms with Gasteiger partial charge in [-0.3, -0.25) is 9.69 Å². The highest BCUT2D eigenvalue weighted by atomic mass is 127. The molecule has 2 rings (SSSR count). The quantitative estimate of drug-likeness (QED) is 0.263. The van der Waals surface area contributed by atoms with Gasteiger partial charge in [0, 0.05) is 24.7 Å². The van der Waals surface area contributed by atoms with Crippen LogP contribution in [-0.2, 0) is 17.9 Å². The lowest BCUT2D eigenvalue weighted by atomic mass is 9.94. The Morgan fingerprint density at radius 3 is 2.35 bits per heavy atom. The minimum atomic E-state index is -0.239. The zero-order valence-electron chi connectivity index (χ0n) is 20.0. The standard InChI is InChI=1S/C24H41N5O.HI/c1-6-25-23(27-17-22(30)28-24(2,3)4)26-16-19-12-10-11-13-20(19)18-29(5)21-14-8-7-9-15-21;/h10-13,21H,6-9,14-18H2,1-5H3,(H,28,30)(H2,25,26,27);1H. The predicted octanol–water partition coefficient (Wildman–Crippen LogP) is 4.04. The highest BCUT2D eigenvalue weighted by Crippen LogP contribution is 2.23. The summed E-state index contributed by atoms with van der Waals surface area (Å²) in [4.78, 5) is 19.3. The minimum Gasteiger partial charge on any atom is -0.357 e. The molecule has 6 nitrogen and oxygen atoms in total. The molecule has 1 aromatic carbocycles. The monoisotopic (exact) mass is 543 g/mol. The van der Waals surface area contributed by atoms with Crippen LogP contribution >= 0.6 is 24.0 Å². The van der Waals surface area contributed by atoms with Crippen LogP contribution in [0.25, 0.3) is 0 Å². The molecule has 0 saturated heterocycles. The third-order valence-corrected chi connectivity index (χ3v) is 5.42. The number of hydrogen-bond acceptors (Lipinski definition) is 3. The lowest BCUT2D eigenvalue weighted by Crippen LogP contribution is -2.48. The van der Waals surface area contributed by atoms with E-state index in [-0.39, 0.29) is 42.0 Å². The fourth-order valence-corrected chi connectivity index (χ4v) is 3.92. The molecule has 0 aromatic heterocycles. The van der Waals surface area contributed by atoms with Gasteiger partial charge in [0.2, 0.25) is 5.91 Å². The number of carbonyl (C=O) groups excluding carboxylic acids is 1. The molecule has 0 aliphatic heterocycles. The molecule has 1 aliphatic rings. The Balaban J connectivity index is 0.00000480. The minimum absolute atomic E-state index is 0. The second-order valence-electron chi connectivity index (χ2n) is 9.32. The van der Waals surface area contributed by atoms with Gasteiger partial charge in [-0.15, -0.1) is 24.0 Å². The SMILES string of the molecule is CCNC(=NCc1ccccc1CN(C)C1CCCCC1)NCC(=O)NC(C)(C)C.I. The van der Waals surface area contributed by atoms with Gasteiger partial charge in [0.25, 0.3) is 0 Å². The van der Waals surface area contributed by atoms with Gasteiger partial charge in [0.15, 0.2) is 5.96 Å². The molecule has 176 valence electrons. The summed E-state index contributed by atoms with van der Waals surface area (Å²) in [6.07, 6.45) is 6.69. The molecular formula is C24H42IN5O. The molecule has 0 spiro atoms. The first kappa shape index (κ1) is 27.7. The van der Waals surface area contributed by atoms with E-state index in [1.807, 2.05) is 27.7 Å². The third kappa shape index (κ3) is 10.7. The molecule has 7 heteroatoms. The number of amides is 1. The van der Waals surface area contributed by atoms with Crippen LogP contribution in [0, 0.1) is 0 Å². The van der Waals surface area contributed by atoms with Crippen molar-refractivity contribution in [2.75, 3.05) is 20.1 Å². The number of halogens is 1. The van der Waals surface area contributed by atoms with Crippen molar-refractivity contribution >= 4 is 35.8 Å². The molecule has 1 aliphatic carbocycles. The van der Waals surface area contributed by atoms with E-state index in [0.29, 0.717) is 18.5 Å². The molecule has 0 bridgehead atoms. The molecule has 0 radical (unpaired) electrons. The largest absolute Gasteiger partial charge is 0.357 e. The van der Waals surface area contributed by atoms with E-state index in [4.69, 9.17) is 4.99 Å².